The van der Waals surface area contributed by atoms with Gasteiger partial charge in [-0.3, -0.25) is 0 Å². The molecule has 0 radical (unpaired) electrons. The molecule has 0 aliphatic carbocycles. The molecule has 1 aromatic carbocycles. The van der Waals surface area contributed by atoms with Crippen molar-refractivity contribution in [3.63, 3.8) is 0 Å². The SMILES string of the molecule is CO/N=C1/Nc2ccccc2C1(C(C)C)C(C)C. The molecule has 0 saturated heterocycles. The summed E-state index contributed by atoms with van der Waals surface area (Å²) >= 11 is 0. The second-order valence-corrected chi connectivity index (χ2v) is 5.47. The normalized spacial score (nSPS) is 19.2. The van der Waals surface area contributed by atoms with Crippen LogP contribution < -0.4 is 5.32 Å². The molecule has 1 aromatic rings. The summed E-state index contributed by atoms with van der Waals surface area (Å²) in [5, 5.41) is 7.65. The molecule has 0 spiro atoms. The van der Waals surface area contributed by atoms with E-state index in [4.69, 9.17) is 4.84 Å². The van der Waals surface area contributed by atoms with Crippen molar-refractivity contribution >= 4 is 11.5 Å². The summed E-state index contributed by atoms with van der Waals surface area (Å²) in [6.07, 6.45) is 0. The van der Waals surface area contributed by atoms with Gasteiger partial charge in [0.05, 0.1) is 5.41 Å². The molecule has 1 N–H and O–H groups in total. The highest BCUT2D eigenvalue weighted by atomic mass is 16.6. The predicted molar refractivity (Wildman–Crippen MR) is 75.9 cm³/mol. The summed E-state index contributed by atoms with van der Waals surface area (Å²) in [7, 11) is 1.60. The second-order valence-electron chi connectivity index (χ2n) is 5.47. The fraction of sp³-hybridized carbons (Fsp3) is 0.533. The lowest BCUT2D eigenvalue weighted by molar-refractivity contribution is 0.203. The lowest BCUT2D eigenvalue weighted by atomic mass is 9.65. The molecular formula is C15H22N2O. The van der Waals surface area contributed by atoms with Crippen molar-refractivity contribution < 1.29 is 4.84 Å². The van der Waals surface area contributed by atoms with Crippen LogP contribution in [-0.2, 0) is 10.3 Å². The van der Waals surface area contributed by atoms with Crippen molar-refractivity contribution in [2.45, 2.75) is 33.1 Å². The maximum absolute atomic E-state index is 5.04. The Bertz CT molecular complexity index is 455. The Balaban J connectivity index is 2.68. The minimum absolute atomic E-state index is 0.0907. The van der Waals surface area contributed by atoms with Crippen LogP contribution in [-0.4, -0.2) is 12.9 Å². The lowest BCUT2D eigenvalue weighted by Gasteiger charge is -2.37. The van der Waals surface area contributed by atoms with Crippen molar-refractivity contribution in [3.05, 3.63) is 29.8 Å². The lowest BCUT2D eigenvalue weighted by Crippen LogP contribution is -2.44. The van der Waals surface area contributed by atoms with E-state index in [2.05, 4.69) is 56.4 Å². The molecule has 3 nitrogen and oxygen atoms in total. The van der Waals surface area contributed by atoms with E-state index in [1.807, 2.05) is 6.07 Å². The van der Waals surface area contributed by atoms with Crippen LogP contribution in [0.15, 0.2) is 29.4 Å². The molecule has 1 aliphatic rings. The van der Waals surface area contributed by atoms with Gasteiger partial charge in [-0.1, -0.05) is 51.0 Å². The van der Waals surface area contributed by atoms with Crippen molar-refractivity contribution in [1.82, 2.24) is 0 Å². The number of oxime groups is 1. The predicted octanol–water partition coefficient (Wildman–Crippen LogP) is 3.62. The summed E-state index contributed by atoms with van der Waals surface area (Å²) in [6, 6.07) is 8.44. The van der Waals surface area contributed by atoms with Gasteiger partial charge < -0.3 is 10.2 Å². The monoisotopic (exact) mass is 246 g/mol. The van der Waals surface area contributed by atoms with Crippen molar-refractivity contribution in [3.8, 4) is 0 Å². The molecule has 2 rings (SSSR count). The summed E-state index contributed by atoms with van der Waals surface area (Å²) in [4.78, 5) is 5.04. The molecule has 0 aromatic heterocycles. The molecule has 0 fully saturated rings. The summed E-state index contributed by atoms with van der Waals surface area (Å²) in [5.74, 6) is 1.82. The van der Waals surface area contributed by atoms with Crippen LogP contribution >= 0.6 is 0 Å². The van der Waals surface area contributed by atoms with E-state index in [0.717, 1.165) is 11.5 Å². The largest absolute Gasteiger partial charge is 0.398 e. The number of hydrogen-bond donors (Lipinski definition) is 1. The van der Waals surface area contributed by atoms with E-state index >= 15 is 0 Å². The number of rotatable bonds is 3. The van der Waals surface area contributed by atoms with Gasteiger partial charge in [0.1, 0.15) is 7.11 Å². The molecule has 1 heterocycles. The Hall–Kier alpha value is -1.51. The number of anilines is 1. The third kappa shape index (κ3) is 1.61. The standard InChI is InChI=1S/C15H22N2O/c1-10(2)15(11(3)4)12-8-6-7-9-13(12)16-14(15)17-18-5/h6-11H,1-5H3,(H,16,17). The average molecular weight is 246 g/mol. The smallest absolute Gasteiger partial charge is 0.157 e. The number of benzene rings is 1. The highest BCUT2D eigenvalue weighted by Crippen LogP contribution is 2.48. The van der Waals surface area contributed by atoms with Gasteiger partial charge in [0.2, 0.25) is 0 Å². The molecule has 0 amide bonds. The molecule has 0 saturated carbocycles. The molecule has 0 bridgehead atoms. The van der Waals surface area contributed by atoms with Crippen LogP contribution in [0.5, 0.6) is 0 Å². The van der Waals surface area contributed by atoms with E-state index in [1.54, 1.807) is 7.11 Å². The van der Waals surface area contributed by atoms with E-state index in [-0.39, 0.29) is 5.41 Å². The number of para-hydroxylation sites is 1. The van der Waals surface area contributed by atoms with Gasteiger partial charge in [-0.05, 0) is 23.5 Å². The number of hydrogen-bond acceptors (Lipinski definition) is 2. The van der Waals surface area contributed by atoms with Crippen LogP contribution in [0.4, 0.5) is 5.69 Å². The first kappa shape index (κ1) is 12.9. The quantitative estimate of drug-likeness (QED) is 0.826. The maximum atomic E-state index is 5.04. The highest BCUT2D eigenvalue weighted by Gasteiger charge is 2.49. The molecule has 3 heteroatoms. The van der Waals surface area contributed by atoms with E-state index in [1.165, 1.54) is 5.56 Å². The van der Waals surface area contributed by atoms with Gasteiger partial charge >= 0.3 is 0 Å². The molecule has 0 unspecified atom stereocenters. The van der Waals surface area contributed by atoms with Crippen molar-refractivity contribution in [2.75, 3.05) is 12.4 Å². The summed E-state index contributed by atoms with van der Waals surface area (Å²) < 4.78 is 0. The van der Waals surface area contributed by atoms with Crippen LogP contribution in [0.2, 0.25) is 0 Å². The first-order valence-corrected chi connectivity index (χ1v) is 6.53. The topological polar surface area (TPSA) is 33.6 Å². The first-order valence-electron chi connectivity index (χ1n) is 6.53. The summed E-state index contributed by atoms with van der Waals surface area (Å²) in [6.45, 7) is 8.98. The number of nitrogens with one attached hydrogen (secondary N) is 1. The Morgan fingerprint density at radius 1 is 1.11 bits per heavy atom. The Kier molecular flexibility index (Phi) is 3.33. The van der Waals surface area contributed by atoms with Gasteiger partial charge in [0.15, 0.2) is 5.84 Å². The molecule has 0 atom stereocenters. The molecular weight excluding hydrogens is 224 g/mol. The molecule has 1 aliphatic heterocycles. The Morgan fingerprint density at radius 2 is 1.72 bits per heavy atom. The fourth-order valence-electron chi connectivity index (χ4n) is 3.34. The highest BCUT2D eigenvalue weighted by molar-refractivity contribution is 6.09. The van der Waals surface area contributed by atoms with E-state index < -0.39 is 0 Å². The van der Waals surface area contributed by atoms with Crippen LogP contribution in [0.3, 0.4) is 0 Å². The van der Waals surface area contributed by atoms with Gasteiger partial charge in [0, 0.05) is 5.69 Å². The van der Waals surface area contributed by atoms with Gasteiger partial charge in [-0.15, -0.1) is 0 Å². The number of amidine groups is 1. The minimum Gasteiger partial charge on any atom is -0.398 e. The zero-order valence-electron chi connectivity index (χ0n) is 11.8. The first-order chi connectivity index (χ1) is 8.55. The van der Waals surface area contributed by atoms with Crippen LogP contribution in [0.1, 0.15) is 33.3 Å². The number of nitrogens with zero attached hydrogens (tertiary/aromatic N) is 1. The fourth-order valence-corrected chi connectivity index (χ4v) is 3.34. The Labute approximate surface area is 109 Å². The maximum Gasteiger partial charge on any atom is 0.157 e. The van der Waals surface area contributed by atoms with Crippen LogP contribution in [0, 0.1) is 11.8 Å². The van der Waals surface area contributed by atoms with E-state index in [0.29, 0.717) is 11.8 Å². The van der Waals surface area contributed by atoms with Gasteiger partial charge in [-0.25, -0.2) is 0 Å². The Morgan fingerprint density at radius 3 is 2.28 bits per heavy atom. The van der Waals surface area contributed by atoms with Crippen molar-refractivity contribution in [1.29, 1.82) is 0 Å². The third-order valence-corrected chi connectivity index (χ3v) is 4.02. The van der Waals surface area contributed by atoms with Crippen molar-refractivity contribution in [2.24, 2.45) is 17.0 Å². The average Bonchev–Trinajstić information content (AvgIpc) is 2.64. The summed E-state index contributed by atoms with van der Waals surface area (Å²) in [5.41, 5.74) is 2.38. The zero-order chi connectivity index (χ0) is 13.3. The second kappa shape index (κ2) is 4.63. The van der Waals surface area contributed by atoms with Gasteiger partial charge in [-0.2, -0.15) is 0 Å². The van der Waals surface area contributed by atoms with Gasteiger partial charge in [0.25, 0.3) is 0 Å². The van der Waals surface area contributed by atoms with E-state index in [9.17, 15) is 0 Å². The molecule has 98 valence electrons. The van der Waals surface area contributed by atoms with Crippen LogP contribution in [0.25, 0.3) is 0 Å². The minimum atomic E-state index is -0.0907. The zero-order valence-corrected chi connectivity index (χ0v) is 11.8. The third-order valence-electron chi connectivity index (χ3n) is 4.02. The molecule has 18 heavy (non-hydrogen) atoms. The number of fused-ring (bicyclic) bond motifs is 1.